The van der Waals surface area contributed by atoms with E-state index in [4.69, 9.17) is 21.7 Å². The van der Waals surface area contributed by atoms with Gasteiger partial charge in [0.25, 0.3) is 0 Å². The predicted octanol–water partition coefficient (Wildman–Crippen LogP) is 1.78. The lowest BCUT2D eigenvalue weighted by Gasteiger charge is -2.25. The first-order chi connectivity index (χ1) is 11.2. The van der Waals surface area contributed by atoms with Gasteiger partial charge in [0.2, 0.25) is 11.1 Å². The van der Waals surface area contributed by atoms with Crippen molar-refractivity contribution in [1.29, 1.82) is 0 Å². The van der Waals surface area contributed by atoms with Crippen molar-refractivity contribution in [3.63, 3.8) is 0 Å². The van der Waals surface area contributed by atoms with Gasteiger partial charge in [-0.3, -0.25) is 4.79 Å². The summed E-state index contributed by atoms with van der Waals surface area (Å²) in [5, 5.41) is 8.35. The quantitative estimate of drug-likeness (QED) is 0.617. The molecule has 2 fully saturated rings. The van der Waals surface area contributed by atoms with Gasteiger partial charge >= 0.3 is 0 Å². The van der Waals surface area contributed by atoms with Crippen molar-refractivity contribution in [2.24, 2.45) is 0 Å². The van der Waals surface area contributed by atoms with Gasteiger partial charge in [-0.05, 0) is 41.0 Å². The average Bonchev–Trinajstić information content (AvgIpc) is 3.16. The molecule has 0 unspecified atom stereocenters. The molecule has 0 saturated carbocycles. The molecule has 1 aromatic carbocycles. The zero-order valence-corrected chi connectivity index (χ0v) is 13.9. The Morgan fingerprint density at radius 2 is 2.17 bits per heavy atom. The number of para-hydroxylation sites is 1. The Kier molecular flexibility index (Phi) is 3.80. The third-order valence-electron chi connectivity index (χ3n) is 4.04. The fourth-order valence-electron chi connectivity index (χ4n) is 2.89. The standard InChI is InChI=1S/C14H14N4O3S2/c1-23-12-5-3-2-4-8(12)17-14(22)18(16-15-17)9-6-10(19)13-20-7-11(9)21-13/h2-5,9,11,13H,6-7H2,1H3/t9-,11-,13-/m0/s1. The van der Waals surface area contributed by atoms with Crippen LogP contribution in [0.2, 0.25) is 0 Å². The number of benzene rings is 1. The summed E-state index contributed by atoms with van der Waals surface area (Å²) < 4.78 is 14.6. The number of rotatable bonds is 3. The Bertz CT molecular complexity index is 818. The number of hydrogen-bond acceptors (Lipinski definition) is 7. The van der Waals surface area contributed by atoms with Crippen molar-refractivity contribution in [3.05, 3.63) is 29.0 Å². The number of aromatic nitrogens is 4. The molecular formula is C14H14N4O3S2. The van der Waals surface area contributed by atoms with E-state index >= 15 is 0 Å². The molecule has 3 heterocycles. The maximum Gasteiger partial charge on any atom is 0.221 e. The molecule has 0 amide bonds. The molecule has 2 aliphatic heterocycles. The molecule has 0 spiro atoms. The number of nitrogens with zero attached hydrogens (tertiary/aromatic N) is 4. The summed E-state index contributed by atoms with van der Waals surface area (Å²) in [6.07, 6.45) is 1.35. The molecule has 2 aromatic rings. The third kappa shape index (κ3) is 2.44. The normalized spacial score (nSPS) is 26.7. The third-order valence-corrected chi connectivity index (χ3v) is 5.19. The van der Waals surface area contributed by atoms with E-state index in [9.17, 15) is 4.79 Å². The molecule has 9 heteroatoms. The van der Waals surface area contributed by atoms with E-state index in [2.05, 4.69) is 10.4 Å². The molecule has 0 radical (unpaired) electrons. The fraction of sp³-hybridized carbons (Fsp3) is 0.429. The number of Topliss-reactive ketones (excluding diaryl/α,β-unsaturated/α-hetero) is 1. The molecule has 0 aliphatic carbocycles. The molecule has 2 aliphatic rings. The van der Waals surface area contributed by atoms with Crippen molar-refractivity contribution >= 4 is 29.8 Å². The van der Waals surface area contributed by atoms with E-state index in [1.165, 1.54) is 0 Å². The summed E-state index contributed by atoms with van der Waals surface area (Å²) in [7, 11) is 0. The highest BCUT2D eigenvalue weighted by molar-refractivity contribution is 7.98. The SMILES string of the molecule is CSc1ccccc1-n1nnn([C@H]2CC(=O)[C@H]3OC[C@@H]2O3)c1=S. The first kappa shape index (κ1) is 15.0. The van der Waals surface area contributed by atoms with Crippen LogP contribution >= 0.6 is 24.0 Å². The first-order valence-electron chi connectivity index (χ1n) is 7.16. The number of ether oxygens (including phenoxy) is 2. The van der Waals surface area contributed by atoms with Gasteiger partial charge in [0.15, 0.2) is 5.78 Å². The fourth-order valence-corrected chi connectivity index (χ4v) is 3.77. The molecule has 23 heavy (non-hydrogen) atoms. The summed E-state index contributed by atoms with van der Waals surface area (Å²) in [5.74, 6) is -0.0790. The lowest BCUT2D eigenvalue weighted by molar-refractivity contribution is -0.156. The van der Waals surface area contributed by atoms with E-state index in [1.807, 2.05) is 30.5 Å². The number of thioether (sulfide) groups is 1. The van der Waals surface area contributed by atoms with E-state index in [1.54, 1.807) is 21.1 Å². The van der Waals surface area contributed by atoms with Crippen molar-refractivity contribution in [1.82, 2.24) is 19.8 Å². The molecular weight excluding hydrogens is 336 g/mol. The number of hydrogen-bond donors (Lipinski definition) is 0. The van der Waals surface area contributed by atoms with Crippen LogP contribution < -0.4 is 0 Å². The number of carbonyl (C=O) groups excluding carboxylic acids is 1. The molecule has 4 rings (SSSR count). The monoisotopic (exact) mass is 350 g/mol. The summed E-state index contributed by atoms with van der Waals surface area (Å²) in [6.45, 7) is 0.372. The van der Waals surface area contributed by atoms with Crippen LogP contribution in [0.15, 0.2) is 29.2 Å². The molecule has 7 nitrogen and oxygen atoms in total. The minimum atomic E-state index is -0.724. The van der Waals surface area contributed by atoms with Crippen LogP contribution in [0.4, 0.5) is 0 Å². The Morgan fingerprint density at radius 1 is 1.35 bits per heavy atom. The lowest BCUT2D eigenvalue weighted by atomic mass is 10.0. The van der Waals surface area contributed by atoms with Gasteiger partial charge in [0.05, 0.1) is 18.3 Å². The van der Waals surface area contributed by atoms with Gasteiger partial charge in [-0.25, -0.2) is 4.68 Å². The lowest BCUT2D eigenvalue weighted by Crippen LogP contribution is -2.37. The minimum Gasteiger partial charge on any atom is -0.343 e. The maximum atomic E-state index is 12.0. The Labute approximate surface area is 141 Å². The van der Waals surface area contributed by atoms with Crippen molar-refractivity contribution in [3.8, 4) is 5.69 Å². The van der Waals surface area contributed by atoms with E-state index in [0.717, 1.165) is 10.6 Å². The van der Waals surface area contributed by atoms with Gasteiger partial charge in [0.1, 0.15) is 6.10 Å². The van der Waals surface area contributed by atoms with Crippen LogP contribution in [-0.2, 0) is 14.3 Å². The van der Waals surface area contributed by atoms with Crippen molar-refractivity contribution in [2.45, 2.75) is 29.8 Å². The molecule has 3 atom stereocenters. The van der Waals surface area contributed by atoms with Crippen LogP contribution in [0.5, 0.6) is 0 Å². The minimum absolute atomic E-state index is 0.0790. The first-order valence-corrected chi connectivity index (χ1v) is 8.80. The summed E-state index contributed by atoms with van der Waals surface area (Å²) in [4.78, 5) is 13.0. The maximum absolute atomic E-state index is 12.0. The van der Waals surface area contributed by atoms with Crippen LogP contribution in [0.3, 0.4) is 0 Å². The number of fused-ring (bicyclic) bond motifs is 2. The van der Waals surface area contributed by atoms with Gasteiger partial charge < -0.3 is 9.47 Å². The molecule has 0 N–H and O–H groups in total. The summed E-state index contributed by atoms with van der Waals surface area (Å²) in [5.41, 5.74) is 0.875. The Balaban J connectivity index is 1.74. The number of ketones is 1. The zero-order valence-electron chi connectivity index (χ0n) is 12.3. The second kappa shape index (κ2) is 5.82. The highest BCUT2D eigenvalue weighted by Gasteiger charge is 2.45. The molecule has 2 bridgehead atoms. The van der Waals surface area contributed by atoms with Gasteiger partial charge in [-0.15, -0.1) is 11.8 Å². The number of carbonyl (C=O) groups is 1. The average molecular weight is 350 g/mol. The van der Waals surface area contributed by atoms with Crippen molar-refractivity contribution in [2.75, 3.05) is 12.9 Å². The topological polar surface area (TPSA) is 71.2 Å². The molecule has 1 aromatic heterocycles. The van der Waals surface area contributed by atoms with Crippen molar-refractivity contribution < 1.29 is 14.3 Å². The van der Waals surface area contributed by atoms with Crippen LogP contribution in [0, 0.1) is 4.77 Å². The second-order valence-corrected chi connectivity index (χ2v) is 6.58. The second-order valence-electron chi connectivity index (χ2n) is 5.37. The predicted molar refractivity (Wildman–Crippen MR) is 85.2 cm³/mol. The van der Waals surface area contributed by atoms with Crippen LogP contribution in [0.1, 0.15) is 12.5 Å². The highest BCUT2D eigenvalue weighted by atomic mass is 32.2. The van der Waals surface area contributed by atoms with E-state index in [-0.39, 0.29) is 17.9 Å². The number of tetrazole rings is 1. The Morgan fingerprint density at radius 3 is 3.00 bits per heavy atom. The molecule has 120 valence electrons. The van der Waals surface area contributed by atoms with E-state index < -0.39 is 6.29 Å². The van der Waals surface area contributed by atoms with Crippen LogP contribution in [-0.4, -0.2) is 50.8 Å². The van der Waals surface area contributed by atoms with Crippen LogP contribution in [0.25, 0.3) is 5.69 Å². The summed E-state index contributed by atoms with van der Waals surface area (Å²) >= 11 is 7.15. The summed E-state index contributed by atoms with van der Waals surface area (Å²) in [6, 6.07) is 7.57. The largest absolute Gasteiger partial charge is 0.343 e. The van der Waals surface area contributed by atoms with Gasteiger partial charge in [0, 0.05) is 11.3 Å². The van der Waals surface area contributed by atoms with Gasteiger partial charge in [-0.1, -0.05) is 12.1 Å². The molecule has 2 saturated heterocycles. The van der Waals surface area contributed by atoms with Gasteiger partial charge in [-0.2, -0.15) is 4.68 Å². The van der Waals surface area contributed by atoms with E-state index in [0.29, 0.717) is 17.8 Å². The smallest absolute Gasteiger partial charge is 0.221 e. The zero-order chi connectivity index (χ0) is 16.0. The highest BCUT2D eigenvalue weighted by Crippen LogP contribution is 2.33. The Hall–Kier alpha value is -1.55.